The van der Waals surface area contributed by atoms with Gasteiger partial charge in [-0.1, -0.05) is 52.2 Å². The highest BCUT2D eigenvalue weighted by Gasteiger charge is 2.28. The highest BCUT2D eigenvalue weighted by Crippen LogP contribution is 2.57. The summed E-state index contributed by atoms with van der Waals surface area (Å²) in [7, 11) is -4.82. The topological polar surface area (TPSA) is 57.2 Å². The number of hydrogen-bond acceptors (Lipinski definition) is 3. The summed E-state index contributed by atoms with van der Waals surface area (Å²) in [6, 6.07) is 4.65. The van der Waals surface area contributed by atoms with Gasteiger partial charge in [0.2, 0.25) is 0 Å². The molecule has 0 atom stereocenters. The predicted octanol–water partition coefficient (Wildman–Crippen LogP) is 6.24. The summed E-state index contributed by atoms with van der Waals surface area (Å²) in [6.45, 7) is 13.0. The average Bonchev–Trinajstić information content (AvgIpc) is 2.58. The highest BCUT2D eigenvalue weighted by atomic mass is 32.2. The van der Waals surface area contributed by atoms with Gasteiger partial charge in [-0.3, -0.25) is 0 Å². The first-order chi connectivity index (χ1) is 12.1. The van der Waals surface area contributed by atoms with Gasteiger partial charge in [-0.2, -0.15) is 0 Å². The second-order valence-electron chi connectivity index (χ2n) is 7.50. The Kier molecular flexibility index (Phi) is 12.6. The first-order valence-corrected chi connectivity index (χ1v) is 14.2. The number of unbranched alkanes of at least 4 members (excludes halogenated alkanes) is 3. The first kappa shape index (κ1) is 25.6. The smallest absolute Gasteiger partial charge is 0.124 e. The van der Waals surface area contributed by atoms with Crippen LogP contribution in [0.2, 0.25) is 0 Å². The molecule has 0 aliphatic heterocycles. The fourth-order valence-corrected chi connectivity index (χ4v) is 7.64. The minimum Gasteiger partial charge on any atom is -0.744 e. The van der Waals surface area contributed by atoms with Crippen molar-refractivity contribution in [3.63, 3.8) is 0 Å². The van der Waals surface area contributed by atoms with E-state index in [2.05, 4.69) is 27.4 Å². The number of aryl methyl sites for hydroxylation is 1. The van der Waals surface area contributed by atoms with E-state index in [1.165, 1.54) is 44.6 Å². The maximum absolute atomic E-state index is 10.7. The van der Waals surface area contributed by atoms with Crippen LogP contribution in [0.3, 0.4) is 0 Å². The monoisotopic (exact) mass is 402 g/mol. The molecule has 0 aliphatic carbocycles. The molecule has 1 rings (SSSR count). The predicted molar refractivity (Wildman–Crippen MR) is 116 cm³/mol. The van der Waals surface area contributed by atoms with Crippen molar-refractivity contribution in [2.24, 2.45) is 0 Å². The van der Waals surface area contributed by atoms with E-state index < -0.39 is 17.4 Å². The molecule has 0 unspecified atom stereocenters. The van der Waals surface area contributed by atoms with Crippen LogP contribution in [0, 0.1) is 13.8 Å². The lowest BCUT2D eigenvalue weighted by atomic mass is 10.1. The van der Waals surface area contributed by atoms with Gasteiger partial charge in [0.1, 0.15) is 10.1 Å². The van der Waals surface area contributed by atoms with Gasteiger partial charge >= 0.3 is 0 Å². The van der Waals surface area contributed by atoms with Crippen molar-refractivity contribution < 1.29 is 13.0 Å². The molecule has 0 saturated carbocycles. The number of benzene rings is 1. The van der Waals surface area contributed by atoms with Gasteiger partial charge in [0.25, 0.3) is 0 Å². The van der Waals surface area contributed by atoms with Gasteiger partial charge in [0.05, 0.1) is 23.4 Å². The number of hydrogen-bond donors (Lipinski definition) is 0. The summed E-state index contributed by atoms with van der Waals surface area (Å²) >= 11 is 0. The standard InChI is InChI=1S/C13H30P.C8H10O3S/c1-5-8-11-14(4,12-9-6-2)13-10-7-3;1-6-4-3-5-8(7(6)2)12(9,10)11/h5-13H2,1-4H3;3-5H,1-2H3,(H,9,10,11)/q+1;/p-1. The fraction of sp³-hybridized carbons (Fsp3) is 0.714. The van der Waals surface area contributed by atoms with Crippen molar-refractivity contribution in [3.05, 3.63) is 29.3 Å². The molecule has 0 heterocycles. The summed E-state index contributed by atoms with van der Waals surface area (Å²) in [6.07, 6.45) is 13.2. The third-order valence-electron chi connectivity index (χ3n) is 4.98. The van der Waals surface area contributed by atoms with Crippen LogP contribution in [-0.4, -0.2) is 38.1 Å². The Morgan fingerprint density at radius 3 is 1.62 bits per heavy atom. The zero-order valence-electron chi connectivity index (χ0n) is 17.7. The van der Waals surface area contributed by atoms with Crippen molar-refractivity contribution in [1.82, 2.24) is 0 Å². The van der Waals surface area contributed by atoms with Gasteiger partial charge < -0.3 is 4.55 Å². The zero-order chi connectivity index (χ0) is 20.2. The number of rotatable bonds is 10. The molecule has 0 amide bonds. The van der Waals surface area contributed by atoms with Crippen LogP contribution in [0.15, 0.2) is 23.1 Å². The molecule has 0 radical (unpaired) electrons. The summed E-state index contributed by atoms with van der Waals surface area (Å²) in [5.41, 5.74) is 1.35. The SMILES string of the molecule is CCCC[P+](C)(CCCC)CCCC.Cc1cccc(S(=O)(=O)[O-])c1C. The summed E-state index contributed by atoms with van der Waals surface area (Å²) in [5.74, 6) is 0. The molecule has 0 aromatic heterocycles. The Bertz CT molecular complexity index is 590. The molecule has 0 saturated heterocycles. The van der Waals surface area contributed by atoms with Crippen molar-refractivity contribution in [2.45, 2.75) is 78.0 Å². The van der Waals surface area contributed by atoms with Crippen LogP contribution >= 0.6 is 7.26 Å². The molecular formula is C21H39O3PS. The van der Waals surface area contributed by atoms with E-state index in [4.69, 9.17) is 0 Å². The molecule has 152 valence electrons. The van der Waals surface area contributed by atoms with E-state index in [1.54, 1.807) is 44.5 Å². The van der Waals surface area contributed by atoms with Crippen molar-refractivity contribution in [1.29, 1.82) is 0 Å². The van der Waals surface area contributed by atoms with Crippen LogP contribution in [0.4, 0.5) is 0 Å². The molecule has 1 aromatic rings. The molecule has 0 fully saturated rings. The second-order valence-corrected chi connectivity index (χ2v) is 13.4. The summed E-state index contributed by atoms with van der Waals surface area (Å²) in [5, 5.41) is 0. The fourth-order valence-electron chi connectivity index (χ4n) is 2.95. The van der Waals surface area contributed by atoms with Crippen LogP contribution in [0.1, 0.15) is 70.4 Å². The molecule has 0 N–H and O–H groups in total. The van der Waals surface area contributed by atoms with E-state index >= 15 is 0 Å². The minimum absolute atomic E-state index is 0.123. The summed E-state index contributed by atoms with van der Waals surface area (Å²) in [4.78, 5) is -0.123. The van der Waals surface area contributed by atoms with Crippen LogP contribution in [-0.2, 0) is 10.1 Å². The van der Waals surface area contributed by atoms with Gasteiger partial charge in [-0.25, -0.2) is 8.42 Å². The largest absolute Gasteiger partial charge is 0.744 e. The van der Waals surface area contributed by atoms with Crippen molar-refractivity contribution in [2.75, 3.05) is 25.2 Å². The van der Waals surface area contributed by atoms with Crippen molar-refractivity contribution >= 4 is 17.4 Å². The lowest BCUT2D eigenvalue weighted by molar-refractivity contribution is 0.462. The maximum Gasteiger partial charge on any atom is 0.124 e. The Hall–Kier alpha value is -0.440. The molecule has 3 nitrogen and oxygen atoms in total. The van der Waals surface area contributed by atoms with Gasteiger partial charge in [0.15, 0.2) is 0 Å². The van der Waals surface area contributed by atoms with Crippen LogP contribution in [0.5, 0.6) is 0 Å². The van der Waals surface area contributed by atoms with E-state index in [9.17, 15) is 13.0 Å². The maximum atomic E-state index is 10.7. The molecule has 5 heteroatoms. The summed E-state index contributed by atoms with van der Waals surface area (Å²) < 4.78 is 32.0. The normalized spacial score (nSPS) is 11.8. The molecule has 1 aromatic carbocycles. The van der Waals surface area contributed by atoms with Crippen LogP contribution < -0.4 is 0 Å². The lowest BCUT2D eigenvalue weighted by Gasteiger charge is -2.22. The minimum atomic E-state index is -4.31. The lowest BCUT2D eigenvalue weighted by Crippen LogP contribution is -2.07. The molecule has 26 heavy (non-hydrogen) atoms. The molecular weight excluding hydrogens is 363 g/mol. The highest BCUT2D eigenvalue weighted by molar-refractivity contribution is 7.85. The quantitative estimate of drug-likeness (QED) is 0.344. The Morgan fingerprint density at radius 1 is 0.885 bits per heavy atom. The third-order valence-corrected chi connectivity index (χ3v) is 10.1. The second kappa shape index (κ2) is 12.9. The Morgan fingerprint density at radius 2 is 1.31 bits per heavy atom. The van der Waals surface area contributed by atoms with Crippen molar-refractivity contribution in [3.8, 4) is 0 Å². The Labute approximate surface area is 163 Å². The molecule has 0 bridgehead atoms. The molecule has 0 spiro atoms. The van der Waals surface area contributed by atoms with E-state index in [1.807, 2.05) is 0 Å². The van der Waals surface area contributed by atoms with E-state index in [-0.39, 0.29) is 4.90 Å². The van der Waals surface area contributed by atoms with Crippen LogP contribution in [0.25, 0.3) is 0 Å². The first-order valence-electron chi connectivity index (χ1n) is 9.97. The average molecular weight is 403 g/mol. The molecule has 0 aliphatic rings. The van der Waals surface area contributed by atoms with Gasteiger partial charge in [0, 0.05) is 13.9 Å². The third kappa shape index (κ3) is 10.0. The zero-order valence-corrected chi connectivity index (χ0v) is 19.4. The Balaban J connectivity index is 0.000000485. The van der Waals surface area contributed by atoms with Gasteiger partial charge in [-0.05, 0) is 50.3 Å². The van der Waals surface area contributed by atoms with E-state index in [0.29, 0.717) is 5.56 Å². The van der Waals surface area contributed by atoms with E-state index in [0.717, 1.165) is 5.56 Å². The van der Waals surface area contributed by atoms with Gasteiger partial charge in [-0.15, -0.1) is 0 Å².